The van der Waals surface area contributed by atoms with Gasteiger partial charge < -0.3 is 5.32 Å². The van der Waals surface area contributed by atoms with E-state index in [9.17, 15) is 4.79 Å². The molecular formula is C22H27NO. The average molecular weight is 321 g/mol. The Hall–Kier alpha value is -2.35. The van der Waals surface area contributed by atoms with E-state index in [0.717, 1.165) is 32.1 Å². The first-order valence-electron chi connectivity index (χ1n) is 8.75. The van der Waals surface area contributed by atoms with Crippen LogP contribution in [0.4, 0.5) is 0 Å². The number of allylic oxidation sites excluding steroid dienone is 1. The van der Waals surface area contributed by atoms with E-state index >= 15 is 0 Å². The number of nitrogens with one attached hydrogen (secondary N) is 1. The van der Waals surface area contributed by atoms with Gasteiger partial charge in [-0.25, -0.2) is 0 Å². The van der Waals surface area contributed by atoms with Crippen LogP contribution in [0, 0.1) is 6.92 Å². The molecule has 2 aromatic carbocycles. The smallest absolute Gasteiger partial charge is 0.207 e. The molecule has 0 aromatic heterocycles. The molecule has 0 saturated heterocycles. The molecule has 1 N–H and O–H groups in total. The number of hydrogen-bond acceptors (Lipinski definition) is 1. The van der Waals surface area contributed by atoms with Crippen LogP contribution in [0.5, 0.6) is 0 Å². The molecule has 0 fully saturated rings. The van der Waals surface area contributed by atoms with E-state index in [1.807, 2.05) is 0 Å². The Morgan fingerprint density at radius 2 is 1.88 bits per heavy atom. The zero-order chi connectivity index (χ0) is 17.2. The van der Waals surface area contributed by atoms with Gasteiger partial charge in [-0.05, 0) is 42.9 Å². The van der Waals surface area contributed by atoms with E-state index in [-0.39, 0.29) is 6.04 Å². The summed E-state index contributed by atoms with van der Waals surface area (Å²) >= 11 is 0. The Bertz CT molecular complexity index is 658. The molecule has 1 amide bonds. The number of carbonyl (C=O) groups excluding carboxylic acids is 1. The highest BCUT2D eigenvalue weighted by atomic mass is 16.1. The van der Waals surface area contributed by atoms with Crippen molar-refractivity contribution in [1.29, 1.82) is 0 Å². The van der Waals surface area contributed by atoms with E-state index in [4.69, 9.17) is 0 Å². The zero-order valence-electron chi connectivity index (χ0n) is 14.7. The molecule has 0 saturated carbocycles. The van der Waals surface area contributed by atoms with Crippen molar-refractivity contribution in [2.75, 3.05) is 0 Å². The second-order valence-corrected chi connectivity index (χ2v) is 6.21. The second kappa shape index (κ2) is 9.71. The highest BCUT2D eigenvalue weighted by Crippen LogP contribution is 2.21. The van der Waals surface area contributed by atoms with Crippen LogP contribution < -0.4 is 5.32 Å². The summed E-state index contributed by atoms with van der Waals surface area (Å²) in [6.07, 6.45) is 9.12. The number of rotatable bonds is 9. The lowest BCUT2D eigenvalue weighted by molar-refractivity contribution is -0.109. The standard InChI is InChI=1S/C22H27NO/c1-3-7-22(23-17-24)11-5-4-8-19-9-6-10-21(16-19)20-14-12-18(2)13-15-20/h5-6,9-17,22H,3-4,7-8H2,1-2H3,(H,23,24)/b11-5+. The van der Waals surface area contributed by atoms with Crippen molar-refractivity contribution in [3.8, 4) is 11.1 Å². The maximum absolute atomic E-state index is 10.6. The number of benzene rings is 2. The first-order valence-corrected chi connectivity index (χ1v) is 8.75. The van der Waals surface area contributed by atoms with E-state index in [0.29, 0.717) is 0 Å². The van der Waals surface area contributed by atoms with Crippen LogP contribution in [0.15, 0.2) is 60.7 Å². The molecule has 2 aromatic rings. The van der Waals surface area contributed by atoms with Crippen molar-refractivity contribution in [2.24, 2.45) is 0 Å². The predicted molar refractivity (Wildman–Crippen MR) is 102 cm³/mol. The fraction of sp³-hybridized carbons (Fsp3) is 0.318. The minimum atomic E-state index is 0.159. The van der Waals surface area contributed by atoms with Gasteiger partial charge in [0, 0.05) is 6.04 Å². The normalized spacial score (nSPS) is 12.2. The molecule has 0 aliphatic rings. The third-order valence-electron chi connectivity index (χ3n) is 4.16. The summed E-state index contributed by atoms with van der Waals surface area (Å²) in [6, 6.07) is 17.6. The molecular weight excluding hydrogens is 294 g/mol. The van der Waals surface area contributed by atoms with E-state index in [1.165, 1.54) is 22.3 Å². The lowest BCUT2D eigenvalue weighted by Gasteiger charge is -2.09. The molecule has 0 radical (unpaired) electrons. The molecule has 1 atom stereocenters. The predicted octanol–water partition coefficient (Wildman–Crippen LogP) is 5.07. The van der Waals surface area contributed by atoms with Gasteiger partial charge in [0.1, 0.15) is 0 Å². The quantitative estimate of drug-likeness (QED) is 0.507. The van der Waals surface area contributed by atoms with Crippen molar-refractivity contribution >= 4 is 6.41 Å². The summed E-state index contributed by atoms with van der Waals surface area (Å²) < 4.78 is 0. The first-order chi connectivity index (χ1) is 11.7. The summed E-state index contributed by atoms with van der Waals surface area (Å²) in [4.78, 5) is 10.6. The molecule has 0 aliphatic carbocycles. The van der Waals surface area contributed by atoms with Gasteiger partial charge in [-0.3, -0.25) is 4.79 Å². The number of hydrogen-bond donors (Lipinski definition) is 1. The van der Waals surface area contributed by atoms with Crippen LogP contribution >= 0.6 is 0 Å². The topological polar surface area (TPSA) is 29.1 Å². The van der Waals surface area contributed by atoms with Gasteiger partial charge >= 0.3 is 0 Å². The molecule has 2 heteroatoms. The fourth-order valence-electron chi connectivity index (χ4n) is 2.80. The molecule has 2 nitrogen and oxygen atoms in total. The van der Waals surface area contributed by atoms with Gasteiger partial charge in [-0.1, -0.05) is 79.6 Å². The van der Waals surface area contributed by atoms with Gasteiger partial charge in [-0.15, -0.1) is 0 Å². The van der Waals surface area contributed by atoms with Crippen LogP contribution in [-0.2, 0) is 11.2 Å². The molecule has 1 unspecified atom stereocenters. The maximum Gasteiger partial charge on any atom is 0.207 e. The minimum Gasteiger partial charge on any atom is -0.352 e. The van der Waals surface area contributed by atoms with Crippen LogP contribution in [-0.4, -0.2) is 12.5 Å². The fourth-order valence-corrected chi connectivity index (χ4v) is 2.80. The molecule has 0 spiro atoms. The van der Waals surface area contributed by atoms with Gasteiger partial charge in [0.25, 0.3) is 0 Å². The van der Waals surface area contributed by atoms with Crippen molar-refractivity contribution in [2.45, 2.75) is 45.6 Å². The van der Waals surface area contributed by atoms with E-state index < -0.39 is 0 Å². The van der Waals surface area contributed by atoms with Crippen LogP contribution in [0.1, 0.15) is 37.3 Å². The Kier molecular flexibility index (Phi) is 7.28. The van der Waals surface area contributed by atoms with Gasteiger partial charge in [0.15, 0.2) is 0 Å². The molecule has 0 bridgehead atoms. The monoisotopic (exact) mass is 321 g/mol. The molecule has 2 rings (SSSR count). The maximum atomic E-state index is 10.6. The minimum absolute atomic E-state index is 0.159. The van der Waals surface area contributed by atoms with Gasteiger partial charge in [0.2, 0.25) is 6.41 Å². The SMILES string of the molecule is CCCC(/C=C/CCc1cccc(-c2ccc(C)cc2)c1)NC=O. The van der Waals surface area contributed by atoms with Gasteiger partial charge in [-0.2, -0.15) is 0 Å². The van der Waals surface area contributed by atoms with Crippen molar-refractivity contribution < 1.29 is 4.79 Å². The second-order valence-electron chi connectivity index (χ2n) is 6.21. The largest absolute Gasteiger partial charge is 0.352 e. The Balaban J connectivity index is 1.94. The van der Waals surface area contributed by atoms with E-state index in [1.54, 1.807) is 0 Å². The van der Waals surface area contributed by atoms with Crippen molar-refractivity contribution in [3.63, 3.8) is 0 Å². The summed E-state index contributed by atoms with van der Waals surface area (Å²) in [5.74, 6) is 0. The summed E-state index contributed by atoms with van der Waals surface area (Å²) in [5.41, 5.74) is 5.15. The third-order valence-corrected chi connectivity index (χ3v) is 4.16. The van der Waals surface area contributed by atoms with Crippen molar-refractivity contribution in [1.82, 2.24) is 5.32 Å². The van der Waals surface area contributed by atoms with Crippen LogP contribution in [0.3, 0.4) is 0 Å². The summed E-state index contributed by atoms with van der Waals surface area (Å²) in [6.45, 7) is 4.24. The van der Waals surface area contributed by atoms with Crippen LogP contribution in [0.25, 0.3) is 11.1 Å². The summed E-state index contributed by atoms with van der Waals surface area (Å²) in [5, 5.41) is 2.85. The van der Waals surface area contributed by atoms with E-state index in [2.05, 4.69) is 79.8 Å². The Morgan fingerprint density at radius 3 is 2.58 bits per heavy atom. The zero-order valence-corrected chi connectivity index (χ0v) is 14.7. The average Bonchev–Trinajstić information content (AvgIpc) is 2.60. The van der Waals surface area contributed by atoms with Crippen molar-refractivity contribution in [3.05, 3.63) is 71.8 Å². The number of amides is 1. The molecule has 0 heterocycles. The van der Waals surface area contributed by atoms with Gasteiger partial charge in [0.05, 0.1) is 0 Å². The third kappa shape index (κ3) is 5.69. The lowest BCUT2D eigenvalue weighted by Crippen LogP contribution is -2.25. The Morgan fingerprint density at radius 1 is 1.08 bits per heavy atom. The lowest BCUT2D eigenvalue weighted by atomic mass is 10.00. The number of carbonyl (C=O) groups is 1. The summed E-state index contributed by atoms with van der Waals surface area (Å²) in [7, 11) is 0. The highest BCUT2D eigenvalue weighted by Gasteiger charge is 2.01. The Labute approximate surface area is 145 Å². The van der Waals surface area contributed by atoms with Crippen LogP contribution in [0.2, 0.25) is 0 Å². The first kappa shape index (κ1) is 18.0. The molecule has 0 aliphatic heterocycles. The highest BCUT2D eigenvalue weighted by molar-refractivity contribution is 5.64. The molecule has 24 heavy (non-hydrogen) atoms. The molecule has 126 valence electrons. The number of aryl methyl sites for hydroxylation is 2.